The van der Waals surface area contributed by atoms with Crippen LogP contribution in [0.1, 0.15) is 101 Å². The van der Waals surface area contributed by atoms with E-state index in [0.717, 1.165) is 32.9 Å². The van der Waals surface area contributed by atoms with Gasteiger partial charge in [0.1, 0.15) is 0 Å². The molecule has 2 heteroatoms. The van der Waals surface area contributed by atoms with Gasteiger partial charge in [-0.3, -0.25) is 0 Å². The van der Waals surface area contributed by atoms with Crippen molar-refractivity contribution in [1.29, 1.82) is 0 Å². The molecule has 0 N–H and O–H groups in total. The van der Waals surface area contributed by atoms with Gasteiger partial charge in [-0.1, -0.05) is 140 Å². The summed E-state index contributed by atoms with van der Waals surface area (Å²) in [5, 5.41) is 9.30. The Balaban J connectivity index is 1.92. The monoisotopic (exact) mass is 550 g/mol. The minimum Gasteiger partial charge on any atom is -0.245 e. The fraction of sp³-hybridized carbons (Fsp3) is 0.300. The predicted octanol–water partition coefficient (Wildman–Crippen LogP) is 11.0. The van der Waals surface area contributed by atoms with Crippen LogP contribution < -0.4 is 10.7 Å². The Morgan fingerprint density at radius 1 is 0.381 bits per heavy atom. The highest BCUT2D eigenvalue weighted by Crippen LogP contribution is 2.37. The summed E-state index contributed by atoms with van der Waals surface area (Å²) in [7, 11) is 0. The van der Waals surface area contributed by atoms with E-state index in [2.05, 4.69) is 140 Å². The van der Waals surface area contributed by atoms with Crippen molar-refractivity contribution in [2.75, 3.05) is 0 Å². The van der Waals surface area contributed by atoms with Crippen LogP contribution in [-0.4, -0.2) is 0 Å². The summed E-state index contributed by atoms with van der Waals surface area (Å²) in [4.78, 5) is 11.4. The standard InChI is InChI=1S/C40H42N2/c1-23(2)29-15-11-16-30(24(3)4)37(29)41-39-33-19-9-13-27-21-22-28-14-10-20-34(36(28)35(27)33)40(39)42-38-31(25(5)6)17-12-18-32(38)26(7)8/h9-26H,1-8H3. The second-order valence-corrected chi connectivity index (χ2v) is 13.0. The summed E-state index contributed by atoms with van der Waals surface area (Å²) >= 11 is 0. The van der Waals surface area contributed by atoms with Gasteiger partial charge in [0, 0.05) is 10.8 Å². The van der Waals surface area contributed by atoms with Gasteiger partial charge in [-0.15, -0.1) is 0 Å². The Morgan fingerprint density at radius 3 is 1.00 bits per heavy atom. The highest BCUT2D eigenvalue weighted by Gasteiger charge is 2.18. The van der Waals surface area contributed by atoms with Crippen molar-refractivity contribution in [2.45, 2.75) is 79.1 Å². The van der Waals surface area contributed by atoms with Crippen molar-refractivity contribution in [3.63, 3.8) is 0 Å². The number of hydrogen-bond donors (Lipinski definition) is 0. The highest BCUT2D eigenvalue weighted by molar-refractivity contribution is 6.22. The average Bonchev–Trinajstić information content (AvgIpc) is 2.97. The second-order valence-electron chi connectivity index (χ2n) is 13.0. The van der Waals surface area contributed by atoms with Crippen molar-refractivity contribution in [3.8, 4) is 0 Å². The van der Waals surface area contributed by atoms with Gasteiger partial charge in [-0.05, 0) is 67.5 Å². The molecular formula is C40H42N2. The van der Waals surface area contributed by atoms with Gasteiger partial charge in [0.2, 0.25) is 0 Å². The van der Waals surface area contributed by atoms with Crippen LogP contribution >= 0.6 is 0 Å². The third-order valence-electron chi connectivity index (χ3n) is 8.75. The summed E-state index contributed by atoms with van der Waals surface area (Å²) in [6.45, 7) is 18.1. The molecule has 42 heavy (non-hydrogen) atoms. The first kappa shape index (κ1) is 28.1. The molecule has 0 aromatic heterocycles. The third kappa shape index (κ3) is 4.67. The normalized spacial score (nSPS) is 13.4. The molecule has 2 nitrogen and oxygen atoms in total. The van der Waals surface area contributed by atoms with E-state index in [-0.39, 0.29) is 0 Å². The summed E-state index contributed by atoms with van der Waals surface area (Å²) < 4.78 is 0. The van der Waals surface area contributed by atoms with Crippen LogP contribution in [0.2, 0.25) is 0 Å². The molecule has 0 aliphatic rings. The molecule has 0 saturated carbocycles. The lowest BCUT2D eigenvalue weighted by Crippen LogP contribution is -2.28. The van der Waals surface area contributed by atoms with Gasteiger partial charge in [0.15, 0.2) is 0 Å². The summed E-state index contributed by atoms with van der Waals surface area (Å²) in [6.07, 6.45) is 0. The lowest BCUT2D eigenvalue weighted by Gasteiger charge is -2.18. The lowest BCUT2D eigenvalue weighted by atomic mass is 9.91. The molecule has 0 spiro atoms. The van der Waals surface area contributed by atoms with E-state index < -0.39 is 0 Å². The van der Waals surface area contributed by atoms with E-state index >= 15 is 0 Å². The van der Waals surface area contributed by atoms with Crippen LogP contribution in [0.4, 0.5) is 11.4 Å². The second kappa shape index (κ2) is 11.0. The van der Waals surface area contributed by atoms with Gasteiger partial charge in [0.05, 0.1) is 22.1 Å². The number of para-hydroxylation sites is 2. The van der Waals surface area contributed by atoms with Gasteiger partial charge < -0.3 is 0 Å². The first-order chi connectivity index (χ1) is 20.2. The fourth-order valence-electron chi connectivity index (χ4n) is 6.54. The van der Waals surface area contributed by atoms with E-state index in [4.69, 9.17) is 9.98 Å². The highest BCUT2D eigenvalue weighted by atomic mass is 14.8. The third-order valence-corrected chi connectivity index (χ3v) is 8.75. The maximum atomic E-state index is 5.68. The van der Waals surface area contributed by atoms with E-state index in [9.17, 15) is 0 Å². The fourth-order valence-corrected chi connectivity index (χ4v) is 6.54. The zero-order valence-electron chi connectivity index (χ0n) is 26.3. The first-order valence-electron chi connectivity index (χ1n) is 15.6. The quantitative estimate of drug-likeness (QED) is 0.184. The van der Waals surface area contributed by atoms with Crippen LogP contribution in [0.15, 0.2) is 94.9 Å². The van der Waals surface area contributed by atoms with E-state index in [1.807, 2.05) is 0 Å². The Hall–Kier alpha value is -4.04. The molecule has 212 valence electrons. The summed E-state index contributed by atoms with van der Waals surface area (Å²) in [5.41, 5.74) is 7.31. The summed E-state index contributed by atoms with van der Waals surface area (Å²) in [5.74, 6) is 1.42. The van der Waals surface area contributed by atoms with Crippen LogP contribution in [0.25, 0.3) is 32.3 Å². The van der Waals surface area contributed by atoms with Gasteiger partial charge in [-0.25, -0.2) is 9.98 Å². The van der Waals surface area contributed by atoms with E-state index in [1.54, 1.807) is 0 Å². The number of nitrogens with zero attached hydrogens (tertiary/aromatic N) is 2. The number of hydrogen-bond acceptors (Lipinski definition) is 2. The molecule has 6 aromatic carbocycles. The zero-order valence-corrected chi connectivity index (χ0v) is 26.3. The van der Waals surface area contributed by atoms with E-state index in [0.29, 0.717) is 23.7 Å². The average molecular weight is 551 g/mol. The van der Waals surface area contributed by atoms with Crippen molar-refractivity contribution in [1.82, 2.24) is 0 Å². The minimum absolute atomic E-state index is 0.354. The molecule has 0 amide bonds. The Morgan fingerprint density at radius 2 is 0.690 bits per heavy atom. The Kier molecular flexibility index (Phi) is 7.35. The number of rotatable bonds is 6. The van der Waals surface area contributed by atoms with Crippen molar-refractivity contribution in [2.24, 2.45) is 9.98 Å². The molecule has 6 rings (SSSR count). The molecule has 0 saturated heterocycles. The Bertz CT molecular complexity index is 1840. The largest absolute Gasteiger partial charge is 0.245 e. The smallest absolute Gasteiger partial charge is 0.0979 e. The van der Waals surface area contributed by atoms with E-state index in [1.165, 1.54) is 43.8 Å². The van der Waals surface area contributed by atoms with Crippen LogP contribution in [0.3, 0.4) is 0 Å². The van der Waals surface area contributed by atoms with Gasteiger partial charge in [-0.2, -0.15) is 0 Å². The molecule has 0 aliphatic carbocycles. The number of benzene rings is 6. The van der Waals surface area contributed by atoms with Crippen molar-refractivity contribution in [3.05, 3.63) is 118 Å². The molecule has 0 radical (unpaired) electrons. The molecular weight excluding hydrogens is 508 g/mol. The maximum absolute atomic E-state index is 5.68. The first-order valence-corrected chi connectivity index (χ1v) is 15.6. The Labute approximate surface area is 250 Å². The topological polar surface area (TPSA) is 24.7 Å². The summed E-state index contributed by atoms with van der Waals surface area (Å²) in [6, 6.07) is 31.1. The SMILES string of the molecule is CC(C)c1cccc(C(C)C)c1N=c1c(=Nc2c(C(C)C)cccc2C(C)C)c2cccc3ccc4cccc1c4c32. The zero-order chi connectivity index (χ0) is 29.7. The van der Waals surface area contributed by atoms with Gasteiger partial charge >= 0.3 is 0 Å². The molecule has 0 heterocycles. The molecule has 0 fully saturated rings. The van der Waals surface area contributed by atoms with Crippen LogP contribution in [0, 0.1) is 0 Å². The van der Waals surface area contributed by atoms with Crippen LogP contribution in [-0.2, 0) is 0 Å². The van der Waals surface area contributed by atoms with Gasteiger partial charge in [0.25, 0.3) is 0 Å². The molecule has 0 unspecified atom stereocenters. The molecule has 0 aliphatic heterocycles. The molecule has 0 atom stereocenters. The van der Waals surface area contributed by atoms with Crippen molar-refractivity contribution < 1.29 is 0 Å². The lowest BCUT2D eigenvalue weighted by molar-refractivity contribution is 0.830. The maximum Gasteiger partial charge on any atom is 0.0979 e. The van der Waals surface area contributed by atoms with Crippen LogP contribution in [0.5, 0.6) is 0 Å². The minimum atomic E-state index is 0.354. The molecule has 0 bridgehead atoms. The van der Waals surface area contributed by atoms with Crippen molar-refractivity contribution >= 4 is 43.7 Å². The molecule has 6 aromatic rings. The predicted molar refractivity (Wildman–Crippen MR) is 181 cm³/mol.